The monoisotopic (exact) mass is 496 g/mol. The van der Waals surface area contributed by atoms with Crippen LogP contribution in [-0.4, -0.2) is 50.3 Å². The standard InChI is InChI=1S/C26H33FN6O3/c1-26(2,3)13-17-11-18(27)12-19-24(17)31-21(29-19)15-33-16-28-14-20(25(33)36)30-22(34)9-7-6-8-10-23(35)32(4)5/h8,10-12,14,16H,6-7,9,13,15H2,1-5H3,(H,29,31)(H,30,34)/b10-8+. The molecule has 0 unspecified atom stereocenters. The smallest absolute Gasteiger partial charge is 0.277 e. The van der Waals surface area contributed by atoms with Crippen molar-refractivity contribution < 1.29 is 14.0 Å². The van der Waals surface area contributed by atoms with Crippen LogP contribution in [-0.2, 0) is 22.6 Å². The summed E-state index contributed by atoms with van der Waals surface area (Å²) in [5, 5.41) is 2.61. The van der Waals surface area contributed by atoms with Crippen LogP contribution in [0.3, 0.4) is 0 Å². The number of likely N-dealkylation sites (N-methyl/N-ethyl adjacent to an activating group) is 1. The van der Waals surface area contributed by atoms with Gasteiger partial charge in [0.05, 0.1) is 30.1 Å². The van der Waals surface area contributed by atoms with Gasteiger partial charge in [-0.05, 0) is 48.4 Å². The van der Waals surface area contributed by atoms with Crippen molar-refractivity contribution in [1.29, 1.82) is 0 Å². The van der Waals surface area contributed by atoms with E-state index in [1.807, 2.05) is 0 Å². The quantitative estimate of drug-likeness (QED) is 0.347. The summed E-state index contributed by atoms with van der Waals surface area (Å²) in [6, 6.07) is 2.89. The number of aromatic amines is 1. The number of amides is 2. The van der Waals surface area contributed by atoms with E-state index in [0.717, 1.165) is 5.56 Å². The Bertz CT molecular complexity index is 1330. The van der Waals surface area contributed by atoms with Gasteiger partial charge in [0.1, 0.15) is 17.3 Å². The molecule has 0 saturated heterocycles. The van der Waals surface area contributed by atoms with Gasteiger partial charge in [-0.25, -0.2) is 14.4 Å². The maximum absolute atomic E-state index is 14.2. The molecule has 0 aliphatic heterocycles. The molecule has 0 aliphatic carbocycles. The highest BCUT2D eigenvalue weighted by atomic mass is 19.1. The lowest BCUT2D eigenvalue weighted by atomic mass is 9.87. The zero-order valence-corrected chi connectivity index (χ0v) is 21.4. The van der Waals surface area contributed by atoms with Crippen molar-refractivity contribution in [2.75, 3.05) is 19.4 Å². The Morgan fingerprint density at radius 2 is 2.00 bits per heavy atom. The zero-order chi connectivity index (χ0) is 26.5. The van der Waals surface area contributed by atoms with Crippen molar-refractivity contribution in [1.82, 2.24) is 24.4 Å². The number of allylic oxidation sites excluding steroid dienone is 1. The second kappa shape index (κ2) is 11.3. The summed E-state index contributed by atoms with van der Waals surface area (Å²) in [5.74, 6) is -0.294. The Balaban J connectivity index is 1.68. The van der Waals surface area contributed by atoms with Gasteiger partial charge < -0.3 is 15.2 Å². The molecular formula is C26H33FN6O3. The number of anilines is 1. The topological polar surface area (TPSA) is 113 Å². The van der Waals surface area contributed by atoms with E-state index >= 15 is 0 Å². The molecule has 2 amide bonds. The van der Waals surface area contributed by atoms with Crippen molar-refractivity contribution in [2.24, 2.45) is 5.41 Å². The fourth-order valence-corrected chi connectivity index (χ4v) is 3.72. The predicted octanol–water partition coefficient (Wildman–Crippen LogP) is 3.65. The number of hydrogen-bond donors (Lipinski definition) is 2. The minimum atomic E-state index is -0.420. The zero-order valence-electron chi connectivity index (χ0n) is 21.4. The van der Waals surface area contributed by atoms with Gasteiger partial charge in [-0.2, -0.15) is 0 Å². The number of benzene rings is 1. The van der Waals surface area contributed by atoms with Crippen molar-refractivity contribution >= 4 is 28.5 Å². The molecule has 3 aromatic rings. The lowest BCUT2D eigenvalue weighted by Crippen LogP contribution is -2.26. The molecule has 3 rings (SSSR count). The van der Waals surface area contributed by atoms with E-state index < -0.39 is 5.56 Å². The molecule has 36 heavy (non-hydrogen) atoms. The number of carbonyl (C=O) groups is 2. The number of aromatic nitrogens is 4. The molecule has 0 bridgehead atoms. The fraction of sp³-hybridized carbons (Fsp3) is 0.423. The summed E-state index contributed by atoms with van der Waals surface area (Å²) in [4.78, 5) is 50.0. The third-order valence-corrected chi connectivity index (χ3v) is 5.37. The van der Waals surface area contributed by atoms with Crippen LogP contribution in [0.1, 0.15) is 51.4 Å². The summed E-state index contributed by atoms with van der Waals surface area (Å²) in [5.41, 5.74) is 1.64. The fourth-order valence-electron chi connectivity index (χ4n) is 3.72. The highest BCUT2D eigenvalue weighted by molar-refractivity contribution is 5.90. The Morgan fingerprint density at radius 1 is 1.25 bits per heavy atom. The molecule has 0 aliphatic rings. The van der Waals surface area contributed by atoms with Crippen LogP contribution in [0.4, 0.5) is 10.1 Å². The number of rotatable bonds is 9. The molecule has 10 heteroatoms. The number of fused-ring (bicyclic) bond motifs is 1. The maximum atomic E-state index is 14.2. The van der Waals surface area contributed by atoms with Crippen LogP contribution in [0.25, 0.3) is 11.0 Å². The first-order valence-electron chi connectivity index (χ1n) is 11.8. The van der Waals surface area contributed by atoms with E-state index in [1.165, 1.54) is 40.2 Å². The van der Waals surface area contributed by atoms with Crippen molar-refractivity contribution in [2.45, 2.75) is 53.0 Å². The van der Waals surface area contributed by atoms with Crippen molar-refractivity contribution in [3.8, 4) is 0 Å². The van der Waals surface area contributed by atoms with Crippen molar-refractivity contribution in [3.05, 3.63) is 64.4 Å². The number of unbranched alkanes of at least 4 members (excludes halogenated alkanes) is 1. The SMILES string of the molecule is CN(C)C(=O)/C=C/CCCC(=O)Nc1cncn(Cc2nc3c(CC(C)(C)C)cc(F)cc3[nH]2)c1=O. The lowest BCUT2D eigenvalue weighted by Gasteiger charge is -2.18. The van der Waals surface area contributed by atoms with E-state index in [9.17, 15) is 18.8 Å². The first kappa shape index (κ1) is 26.8. The molecular weight excluding hydrogens is 463 g/mol. The maximum Gasteiger partial charge on any atom is 0.277 e. The first-order valence-corrected chi connectivity index (χ1v) is 11.8. The Labute approximate surface area is 209 Å². The van der Waals surface area contributed by atoms with E-state index in [2.05, 4.69) is 41.0 Å². The molecule has 9 nitrogen and oxygen atoms in total. The summed E-state index contributed by atoms with van der Waals surface area (Å²) in [6.07, 6.45) is 7.81. The summed E-state index contributed by atoms with van der Waals surface area (Å²) >= 11 is 0. The van der Waals surface area contributed by atoms with E-state index in [4.69, 9.17) is 0 Å². The van der Waals surface area contributed by atoms with Gasteiger partial charge in [0, 0.05) is 20.5 Å². The van der Waals surface area contributed by atoms with E-state index in [0.29, 0.717) is 36.1 Å². The number of H-pyrrole nitrogens is 1. The summed E-state index contributed by atoms with van der Waals surface area (Å²) in [6.45, 7) is 6.31. The van der Waals surface area contributed by atoms with Crippen molar-refractivity contribution in [3.63, 3.8) is 0 Å². The summed E-state index contributed by atoms with van der Waals surface area (Å²) in [7, 11) is 3.33. The minimum absolute atomic E-state index is 0.0484. The number of imidazole rings is 1. The molecule has 1 aromatic carbocycles. The molecule has 0 spiro atoms. The van der Waals surface area contributed by atoms with Gasteiger partial charge in [0.25, 0.3) is 5.56 Å². The molecule has 0 atom stereocenters. The number of carbonyl (C=O) groups excluding carboxylic acids is 2. The molecule has 192 valence electrons. The van der Waals surface area contributed by atoms with Crippen LogP contribution < -0.4 is 10.9 Å². The van der Waals surface area contributed by atoms with Crippen LogP contribution in [0.15, 0.2) is 41.6 Å². The Kier molecular flexibility index (Phi) is 8.39. The van der Waals surface area contributed by atoms with Gasteiger partial charge in [-0.3, -0.25) is 19.0 Å². The van der Waals surface area contributed by atoms with E-state index in [1.54, 1.807) is 20.2 Å². The third-order valence-electron chi connectivity index (χ3n) is 5.37. The Morgan fingerprint density at radius 3 is 2.69 bits per heavy atom. The lowest BCUT2D eigenvalue weighted by molar-refractivity contribution is -0.123. The van der Waals surface area contributed by atoms with Crippen LogP contribution in [0, 0.1) is 11.2 Å². The molecule has 0 radical (unpaired) electrons. The summed E-state index contributed by atoms with van der Waals surface area (Å²) < 4.78 is 15.5. The normalized spacial score (nSPS) is 11.8. The largest absolute Gasteiger partial charge is 0.345 e. The number of halogens is 1. The average molecular weight is 497 g/mol. The van der Waals surface area contributed by atoms with Gasteiger partial charge in [0.2, 0.25) is 11.8 Å². The highest BCUT2D eigenvalue weighted by Gasteiger charge is 2.17. The van der Waals surface area contributed by atoms with Crippen LogP contribution in [0.2, 0.25) is 0 Å². The highest BCUT2D eigenvalue weighted by Crippen LogP contribution is 2.26. The number of nitrogens with zero attached hydrogens (tertiary/aromatic N) is 4. The van der Waals surface area contributed by atoms with E-state index in [-0.39, 0.29) is 41.7 Å². The molecule has 2 aromatic heterocycles. The predicted molar refractivity (Wildman–Crippen MR) is 137 cm³/mol. The molecule has 2 heterocycles. The van der Waals surface area contributed by atoms with Gasteiger partial charge in [-0.1, -0.05) is 26.8 Å². The third kappa shape index (κ3) is 7.34. The number of hydrogen-bond acceptors (Lipinski definition) is 5. The van der Waals surface area contributed by atoms with Crippen LogP contribution >= 0.6 is 0 Å². The van der Waals surface area contributed by atoms with Gasteiger partial charge in [-0.15, -0.1) is 0 Å². The molecule has 2 N–H and O–H groups in total. The van der Waals surface area contributed by atoms with Gasteiger partial charge >= 0.3 is 0 Å². The molecule has 0 saturated carbocycles. The second-order valence-corrected chi connectivity index (χ2v) is 10.2. The molecule has 0 fully saturated rings. The van der Waals surface area contributed by atoms with Crippen LogP contribution in [0.5, 0.6) is 0 Å². The minimum Gasteiger partial charge on any atom is -0.345 e. The Hall–Kier alpha value is -3.82. The first-order chi connectivity index (χ1) is 16.9. The average Bonchev–Trinajstić information content (AvgIpc) is 3.17. The second-order valence-electron chi connectivity index (χ2n) is 10.2. The van der Waals surface area contributed by atoms with Gasteiger partial charge in [0.15, 0.2) is 0 Å². The number of nitrogens with one attached hydrogen (secondary N) is 2.